The Morgan fingerprint density at radius 1 is 0.489 bits per heavy atom. The Labute approximate surface area is 275 Å². The van der Waals surface area contributed by atoms with Crippen molar-refractivity contribution < 1.29 is 0 Å². The van der Waals surface area contributed by atoms with Crippen molar-refractivity contribution in [3.05, 3.63) is 137 Å². The zero-order valence-corrected chi connectivity index (χ0v) is 26.9. The van der Waals surface area contributed by atoms with Crippen LogP contribution in [0.5, 0.6) is 0 Å². The minimum absolute atomic E-state index is 0.0668. The van der Waals surface area contributed by atoms with E-state index in [1.807, 2.05) is 0 Å². The lowest BCUT2D eigenvalue weighted by Gasteiger charge is -2.36. The number of nitrogens with zero attached hydrogens (tertiary/aromatic N) is 1. The Hall–Kier alpha value is -5.39. The van der Waals surface area contributed by atoms with Crippen LogP contribution in [0.15, 0.2) is 109 Å². The van der Waals surface area contributed by atoms with Crippen molar-refractivity contribution in [1.82, 2.24) is 0 Å². The van der Waals surface area contributed by atoms with Gasteiger partial charge in [0.1, 0.15) is 0 Å². The molecule has 0 saturated heterocycles. The predicted molar refractivity (Wildman–Crippen MR) is 197 cm³/mol. The fourth-order valence-electron chi connectivity index (χ4n) is 10.2. The van der Waals surface area contributed by atoms with Gasteiger partial charge >= 0.3 is 0 Å². The second kappa shape index (κ2) is 8.12. The molecule has 0 spiro atoms. The van der Waals surface area contributed by atoms with Crippen LogP contribution in [0, 0.1) is 11.3 Å². The summed E-state index contributed by atoms with van der Waals surface area (Å²) in [6.07, 6.45) is 0. The third-order valence-corrected chi connectivity index (χ3v) is 12.3. The maximum atomic E-state index is 10.4. The summed E-state index contributed by atoms with van der Waals surface area (Å²) < 4.78 is 0. The van der Waals surface area contributed by atoms with Crippen LogP contribution in [-0.2, 0) is 10.8 Å². The highest BCUT2D eigenvalue weighted by molar-refractivity contribution is 7.01. The van der Waals surface area contributed by atoms with Crippen LogP contribution in [0.25, 0.3) is 66.1 Å². The van der Waals surface area contributed by atoms with E-state index in [2.05, 4.69) is 143 Å². The van der Waals surface area contributed by atoms with Crippen LogP contribution in [-0.4, -0.2) is 6.71 Å². The summed E-state index contributed by atoms with van der Waals surface area (Å²) in [6, 6.07) is 43.7. The van der Waals surface area contributed by atoms with Crippen molar-refractivity contribution in [2.24, 2.45) is 0 Å². The SMILES string of the molecule is CC1(C)c2ccccc2-c2c1cc1c3c(cccc23)-c2cc(C#N)cc3c2B1c1cc2c(c4cccc-3c14)-c1ccccc1C2(C)C. The van der Waals surface area contributed by atoms with Crippen molar-refractivity contribution in [1.29, 1.82) is 5.26 Å². The molecule has 0 unspecified atom stereocenters. The first-order chi connectivity index (χ1) is 22.8. The summed E-state index contributed by atoms with van der Waals surface area (Å²) in [5.74, 6) is 0. The Balaban J connectivity index is 1.35. The summed E-state index contributed by atoms with van der Waals surface area (Å²) in [7, 11) is 0. The van der Waals surface area contributed by atoms with E-state index < -0.39 is 0 Å². The Morgan fingerprint density at radius 3 is 1.40 bits per heavy atom. The number of nitriles is 1. The average molecular weight is 596 g/mol. The molecule has 2 aliphatic carbocycles. The van der Waals surface area contributed by atoms with E-state index in [1.54, 1.807) is 0 Å². The molecule has 2 aliphatic heterocycles. The van der Waals surface area contributed by atoms with Crippen molar-refractivity contribution >= 4 is 44.6 Å². The Morgan fingerprint density at radius 2 is 0.936 bits per heavy atom. The second-order valence-electron chi connectivity index (χ2n) is 15.1. The van der Waals surface area contributed by atoms with E-state index in [-0.39, 0.29) is 17.5 Å². The molecule has 0 N–H and O–H groups in total. The summed E-state index contributed by atoms with van der Waals surface area (Å²) in [6.45, 7) is 9.64. The molecule has 0 amide bonds. The van der Waals surface area contributed by atoms with E-state index in [9.17, 15) is 5.26 Å². The highest BCUT2D eigenvalue weighted by Gasteiger charge is 2.45. The van der Waals surface area contributed by atoms with Crippen LogP contribution in [0.3, 0.4) is 0 Å². The van der Waals surface area contributed by atoms with Gasteiger partial charge in [0.25, 0.3) is 0 Å². The van der Waals surface area contributed by atoms with Gasteiger partial charge in [-0.2, -0.15) is 5.26 Å². The largest absolute Gasteiger partial charge is 0.244 e. The molecular formula is C45H30BN. The number of benzene rings is 7. The Bertz CT molecular complexity index is 2520. The molecule has 0 atom stereocenters. The Kier molecular flexibility index (Phi) is 4.45. The van der Waals surface area contributed by atoms with Crippen LogP contribution >= 0.6 is 0 Å². The summed E-state index contributed by atoms with van der Waals surface area (Å²) >= 11 is 0. The standard InChI is InChI=1S/C45H30BN/c1-44(2)33-17-7-5-11-27(33)39-29-15-9-13-25-31-19-24(23-47)20-32-26-14-10-16-30-40-28-12-6-8-18-34(28)45(3,4)36(40)22-38(42(26)30)46(43(31)32)37(41(25)29)21-35(39)44/h5-22H,1-4H3. The van der Waals surface area contributed by atoms with Gasteiger partial charge in [-0.1, -0.05) is 141 Å². The average Bonchev–Trinajstić information content (AvgIpc) is 3.47. The van der Waals surface area contributed by atoms with Gasteiger partial charge in [0, 0.05) is 10.8 Å². The first-order valence-corrected chi connectivity index (χ1v) is 16.8. The molecule has 218 valence electrons. The molecule has 0 aromatic heterocycles. The van der Waals surface area contributed by atoms with Crippen molar-refractivity contribution in [2.45, 2.75) is 38.5 Å². The molecule has 1 nitrogen and oxygen atoms in total. The molecule has 0 bridgehead atoms. The zero-order chi connectivity index (χ0) is 31.6. The third-order valence-electron chi connectivity index (χ3n) is 12.3. The normalized spacial score (nSPS) is 15.9. The van der Waals surface area contributed by atoms with E-state index in [0.29, 0.717) is 0 Å². The van der Waals surface area contributed by atoms with Gasteiger partial charge in [-0.15, -0.1) is 0 Å². The quantitative estimate of drug-likeness (QED) is 0.161. The van der Waals surface area contributed by atoms with Crippen LogP contribution in [0.4, 0.5) is 0 Å². The first kappa shape index (κ1) is 25.8. The van der Waals surface area contributed by atoms with E-state index in [1.165, 1.54) is 105 Å². The van der Waals surface area contributed by atoms with Gasteiger partial charge in [0.05, 0.1) is 11.6 Å². The van der Waals surface area contributed by atoms with Crippen LogP contribution in [0.2, 0.25) is 0 Å². The summed E-state index contributed by atoms with van der Waals surface area (Å²) in [4.78, 5) is 0. The molecule has 0 saturated carbocycles. The van der Waals surface area contributed by atoms with Gasteiger partial charge in [-0.3, -0.25) is 0 Å². The molecule has 2 heterocycles. The van der Waals surface area contributed by atoms with Crippen LogP contribution < -0.4 is 16.4 Å². The van der Waals surface area contributed by atoms with E-state index in [4.69, 9.17) is 0 Å². The van der Waals surface area contributed by atoms with E-state index in [0.717, 1.165) is 5.56 Å². The number of rotatable bonds is 0. The van der Waals surface area contributed by atoms with Crippen molar-refractivity contribution in [3.8, 4) is 50.6 Å². The van der Waals surface area contributed by atoms with Gasteiger partial charge in [-0.25, -0.2) is 0 Å². The lowest BCUT2D eigenvalue weighted by Crippen LogP contribution is -2.57. The van der Waals surface area contributed by atoms with Gasteiger partial charge < -0.3 is 0 Å². The topological polar surface area (TPSA) is 23.8 Å². The molecule has 7 aromatic carbocycles. The number of hydrogen-bond acceptors (Lipinski definition) is 1. The van der Waals surface area contributed by atoms with E-state index >= 15 is 0 Å². The maximum Gasteiger partial charge on any atom is 0.244 e. The summed E-state index contributed by atoms with van der Waals surface area (Å²) in [5.41, 5.74) is 20.6. The lowest BCUT2D eigenvalue weighted by atomic mass is 9.30. The highest BCUT2D eigenvalue weighted by atomic mass is 14.4. The molecule has 47 heavy (non-hydrogen) atoms. The first-order valence-electron chi connectivity index (χ1n) is 16.8. The molecule has 0 radical (unpaired) electrons. The molecular weight excluding hydrogens is 565 g/mol. The second-order valence-corrected chi connectivity index (χ2v) is 15.1. The molecule has 4 aliphatic rings. The smallest absolute Gasteiger partial charge is 0.192 e. The minimum Gasteiger partial charge on any atom is -0.192 e. The van der Waals surface area contributed by atoms with Crippen molar-refractivity contribution in [3.63, 3.8) is 0 Å². The molecule has 11 rings (SSSR count). The zero-order valence-electron chi connectivity index (χ0n) is 26.9. The third kappa shape index (κ3) is 2.82. The predicted octanol–water partition coefficient (Wildman–Crippen LogP) is 8.95. The maximum absolute atomic E-state index is 10.4. The fourth-order valence-corrected chi connectivity index (χ4v) is 10.2. The van der Waals surface area contributed by atoms with Gasteiger partial charge in [0.2, 0.25) is 6.71 Å². The monoisotopic (exact) mass is 595 g/mol. The van der Waals surface area contributed by atoms with Crippen molar-refractivity contribution in [2.75, 3.05) is 0 Å². The highest BCUT2D eigenvalue weighted by Crippen LogP contribution is 2.54. The summed E-state index contributed by atoms with van der Waals surface area (Å²) in [5, 5.41) is 15.7. The molecule has 7 aromatic rings. The molecule has 2 heteroatoms. The lowest BCUT2D eigenvalue weighted by molar-refractivity contribution is 0.661. The minimum atomic E-state index is -0.107. The van der Waals surface area contributed by atoms with Gasteiger partial charge in [0.15, 0.2) is 0 Å². The van der Waals surface area contributed by atoms with Gasteiger partial charge in [-0.05, 0) is 100 Å². The van der Waals surface area contributed by atoms with Crippen LogP contribution in [0.1, 0.15) is 55.5 Å². The number of fused-ring (bicyclic) bond motifs is 12. The molecule has 0 fully saturated rings. The number of hydrogen-bond donors (Lipinski definition) is 0. The fraction of sp³-hybridized carbons (Fsp3) is 0.133.